The number of hydrogen-bond donors (Lipinski definition) is 0. The van der Waals surface area contributed by atoms with Gasteiger partial charge in [0.15, 0.2) is 4.80 Å². The monoisotopic (exact) mass is 605 g/mol. The lowest BCUT2D eigenvalue weighted by Crippen LogP contribution is -2.43. The van der Waals surface area contributed by atoms with Crippen molar-refractivity contribution in [3.63, 3.8) is 0 Å². The number of ether oxygens (including phenoxy) is 2. The summed E-state index contributed by atoms with van der Waals surface area (Å²) >= 11 is 7.46. The molecule has 2 aromatic carbocycles. The van der Waals surface area contributed by atoms with E-state index in [1.165, 1.54) is 11.3 Å². The number of aromatic nitrogens is 1. The second-order valence-electron chi connectivity index (χ2n) is 9.83. The normalized spacial score (nSPS) is 14.9. The number of amides is 1. The van der Waals surface area contributed by atoms with E-state index in [1.807, 2.05) is 51.1 Å². The molecule has 218 valence electrons. The topological polar surface area (TPSA) is 86.3 Å². The predicted molar refractivity (Wildman–Crippen MR) is 165 cm³/mol. The van der Waals surface area contributed by atoms with Gasteiger partial charge in [0.2, 0.25) is 0 Å². The van der Waals surface area contributed by atoms with E-state index in [-0.39, 0.29) is 11.5 Å². The van der Waals surface area contributed by atoms with Gasteiger partial charge in [-0.1, -0.05) is 29.0 Å². The summed E-state index contributed by atoms with van der Waals surface area (Å²) in [6.45, 7) is 8.68. The van der Waals surface area contributed by atoms with Crippen molar-refractivity contribution in [3.05, 3.63) is 101 Å². The fourth-order valence-corrected chi connectivity index (χ4v) is 6.39. The van der Waals surface area contributed by atoms with Crippen LogP contribution in [-0.4, -0.2) is 42.7 Å². The fraction of sp³-hybridized carbons (Fsp3) is 0.281. The zero-order chi connectivity index (χ0) is 30.1. The van der Waals surface area contributed by atoms with Crippen LogP contribution >= 0.6 is 22.9 Å². The number of likely N-dealkylation sites (N-methyl/N-ethyl adjacent to an activating group) is 1. The summed E-state index contributed by atoms with van der Waals surface area (Å²) < 4.78 is 19.3. The second-order valence-corrected chi connectivity index (χ2v) is 11.3. The van der Waals surface area contributed by atoms with Crippen LogP contribution in [0.5, 0.6) is 11.5 Å². The van der Waals surface area contributed by atoms with Crippen LogP contribution in [0.15, 0.2) is 74.0 Å². The third kappa shape index (κ3) is 5.30. The van der Waals surface area contributed by atoms with Gasteiger partial charge in [0.1, 0.15) is 29.1 Å². The van der Waals surface area contributed by atoms with Crippen LogP contribution < -0.4 is 24.4 Å². The molecule has 0 fully saturated rings. The number of fused-ring (bicyclic) bond motifs is 1. The van der Waals surface area contributed by atoms with Crippen molar-refractivity contribution in [3.8, 4) is 22.8 Å². The lowest BCUT2D eigenvalue weighted by Gasteiger charge is -2.30. The Hall–Kier alpha value is -4.08. The lowest BCUT2D eigenvalue weighted by atomic mass is 9.93. The van der Waals surface area contributed by atoms with Gasteiger partial charge in [0.05, 0.1) is 30.0 Å². The van der Waals surface area contributed by atoms with Crippen LogP contribution in [0.1, 0.15) is 43.7 Å². The molecule has 42 heavy (non-hydrogen) atoms. The van der Waals surface area contributed by atoms with Crippen LogP contribution in [0.2, 0.25) is 5.02 Å². The molecule has 2 aromatic heterocycles. The minimum absolute atomic E-state index is 0.182. The molecule has 0 radical (unpaired) electrons. The van der Waals surface area contributed by atoms with Gasteiger partial charge in [-0.05, 0) is 75.7 Å². The van der Waals surface area contributed by atoms with Crippen LogP contribution in [0.4, 0.5) is 0 Å². The maximum atomic E-state index is 14.1. The highest BCUT2D eigenvalue weighted by Crippen LogP contribution is 2.38. The van der Waals surface area contributed by atoms with E-state index in [0.717, 1.165) is 11.1 Å². The molecule has 8 nitrogen and oxygen atoms in total. The van der Waals surface area contributed by atoms with Gasteiger partial charge in [-0.3, -0.25) is 14.2 Å². The van der Waals surface area contributed by atoms with Gasteiger partial charge in [-0.15, -0.1) is 0 Å². The Kier molecular flexibility index (Phi) is 8.43. The molecule has 0 saturated heterocycles. The molecule has 10 heteroatoms. The molecule has 1 amide bonds. The molecule has 1 atom stereocenters. The van der Waals surface area contributed by atoms with Crippen LogP contribution in [-0.2, 0) is 4.79 Å². The van der Waals surface area contributed by atoms with Crippen LogP contribution in [0.25, 0.3) is 17.4 Å². The first kappa shape index (κ1) is 29.4. The largest absolute Gasteiger partial charge is 0.497 e. The standard InChI is InChI=1S/C32H32ClN3O5S/c1-7-35(8-2)31(38)28-19(4)34-32-36(29(28)24-16-21(39-5)11-13-25(24)40-6)30(37)27(42-32)17-22-12-14-26(41-22)23-15-20(33)10-9-18(23)3/h9-17,29H,7-8H2,1-6H3/b27-17+/t29-/m0/s1. The number of nitrogens with zero attached hydrogens (tertiary/aromatic N) is 3. The van der Waals surface area contributed by atoms with Crippen molar-refractivity contribution < 1.29 is 18.7 Å². The van der Waals surface area contributed by atoms with E-state index in [9.17, 15) is 9.59 Å². The van der Waals surface area contributed by atoms with E-state index in [2.05, 4.69) is 0 Å². The Morgan fingerprint density at radius 1 is 1.10 bits per heavy atom. The number of hydrogen-bond acceptors (Lipinski definition) is 7. The van der Waals surface area contributed by atoms with Gasteiger partial charge in [0.25, 0.3) is 11.5 Å². The molecular formula is C32H32ClN3O5S. The Morgan fingerprint density at radius 2 is 1.86 bits per heavy atom. The molecule has 3 heterocycles. The smallest absolute Gasteiger partial charge is 0.271 e. The second kappa shape index (κ2) is 12.0. The summed E-state index contributed by atoms with van der Waals surface area (Å²) in [6.07, 6.45) is 1.71. The first-order chi connectivity index (χ1) is 20.2. The van der Waals surface area contributed by atoms with E-state index >= 15 is 0 Å². The Balaban J connectivity index is 1.71. The quantitative estimate of drug-likeness (QED) is 0.271. The van der Waals surface area contributed by atoms with E-state index in [4.69, 9.17) is 30.5 Å². The first-order valence-corrected chi connectivity index (χ1v) is 14.8. The van der Waals surface area contributed by atoms with Crippen molar-refractivity contribution in [2.45, 2.75) is 33.7 Å². The van der Waals surface area contributed by atoms with Gasteiger partial charge in [-0.25, -0.2) is 4.99 Å². The molecule has 0 spiro atoms. The summed E-state index contributed by atoms with van der Waals surface area (Å²) in [6, 6.07) is 13.9. The highest BCUT2D eigenvalue weighted by Gasteiger charge is 2.36. The van der Waals surface area contributed by atoms with E-state index in [1.54, 1.807) is 54.9 Å². The van der Waals surface area contributed by atoms with Crippen molar-refractivity contribution in [1.82, 2.24) is 9.47 Å². The molecule has 5 rings (SSSR count). The Morgan fingerprint density at radius 3 is 2.55 bits per heavy atom. The van der Waals surface area contributed by atoms with E-state index in [0.29, 0.717) is 67.3 Å². The lowest BCUT2D eigenvalue weighted by molar-refractivity contribution is -0.127. The maximum Gasteiger partial charge on any atom is 0.271 e. The molecule has 0 aliphatic carbocycles. The number of aryl methyl sites for hydroxylation is 1. The zero-order valence-electron chi connectivity index (χ0n) is 24.4. The van der Waals surface area contributed by atoms with Crippen LogP contribution in [0, 0.1) is 6.92 Å². The summed E-state index contributed by atoms with van der Waals surface area (Å²) in [4.78, 5) is 35.0. The molecule has 0 unspecified atom stereocenters. The third-order valence-electron chi connectivity index (χ3n) is 7.40. The minimum Gasteiger partial charge on any atom is -0.497 e. The molecule has 0 N–H and O–H groups in total. The predicted octanol–water partition coefficient (Wildman–Crippen LogP) is 5.34. The van der Waals surface area contributed by atoms with Crippen molar-refractivity contribution in [2.75, 3.05) is 27.3 Å². The van der Waals surface area contributed by atoms with Gasteiger partial charge in [-0.2, -0.15) is 0 Å². The molecule has 1 aliphatic rings. The number of carbonyl (C=O) groups is 1. The minimum atomic E-state index is -0.775. The highest BCUT2D eigenvalue weighted by atomic mass is 35.5. The number of halogens is 1. The highest BCUT2D eigenvalue weighted by molar-refractivity contribution is 7.07. The van der Waals surface area contributed by atoms with Gasteiger partial charge in [0, 0.05) is 35.3 Å². The number of allylic oxidation sites excluding steroid dienone is 1. The maximum absolute atomic E-state index is 14.1. The van der Waals surface area contributed by atoms with Crippen LogP contribution in [0.3, 0.4) is 0 Å². The van der Waals surface area contributed by atoms with Crippen molar-refractivity contribution in [1.29, 1.82) is 0 Å². The third-order valence-corrected chi connectivity index (χ3v) is 8.62. The van der Waals surface area contributed by atoms with Gasteiger partial charge < -0.3 is 18.8 Å². The number of furan rings is 1. The fourth-order valence-electron chi connectivity index (χ4n) is 5.19. The molecule has 1 aliphatic heterocycles. The Bertz CT molecular complexity index is 1880. The zero-order valence-corrected chi connectivity index (χ0v) is 25.9. The number of carbonyl (C=O) groups excluding carboxylic acids is 1. The number of benzene rings is 2. The molecule has 0 bridgehead atoms. The summed E-state index contributed by atoms with van der Waals surface area (Å²) in [7, 11) is 3.14. The average Bonchev–Trinajstić information content (AvgIpc) is 3.57. The SMILES string of the molecule is CCN(CC)C(=O)C1=C(C)N=c2s/c(=C/c3ccc(-c4cc(Cl)ccc4C)o3)c(=O)n2[C@H]1c1cc(OC)ccc1OC. The Labute approximate surface area is 252 Å². The van der Waals surface area contributed by atoms with Crippen molar-refractivity contribution in [2.24, 2.45) is 4.99 Å². The first-order valence-electron chi connectivity index (χ1n) is 13.6. The van der Waals surface area contributed by atoms with E-state index < -0.39 is 6.04 Å². The molecular weight excluding hydrogens is 574 g/mol. The molecule has 4 aromatic rings. The number of methoxy groups -OCH3 is 2. The number of thiazole rings is 1. The number of rotatable bonds is 8. The van der Waals surface area contributed by atoms with Crippen molar-refractivity contribution >= 4 is 34.9 Å². The molecule has 0 saturated carbocycles. The summed E-state index contributed by atoms with van der Waals surface area (Å²) in [5.41, 5.74) is 3.21. The van der Waals surface area contributed by atoms with Gasteiger partial charge >= 0.3 is 0 Å². The summed E-state index contributed by atoms with van der Waals surface area (Å²) in [5.74, 6) is 2.09. The average molecular weight is 606 g/mol. The summed E-state index contributed by atoms with van der Waals surface area (Å²) in [5, 5.41) is 0.611.